The van der Waals surface area contributed by atoms with E-state index in [9.17, 15) is 13.2 Å². The Morgan fingerprint density at radius 1 is 1.08 bits per heavy atom. The number of halogens is 1. The van der Waals surface area contributed by atoms with E-state index in [1.54, 1.807) is 24.3 Å². The van der Waals surface area contributed by atoms with E-state index in [4.69, 9.17) is 0 Å². The van der Waals surface area contributed by atoms with Crippen LogP contribution in [0.25, 0.3) is 0 Å². The SMILES string of the molecule is CS(=O)(=O)Nc1ccc(NC(=O)C23CC4CC(CC(Br)(C4)C2)C3)cc1. The van der Waals surface area contributed by atoms with Crippen LogP contribution in [0.4, 0.5) is 11.4 Å². The smallest absolute Gasteiger partial charge is 0.230 e. The highest BCUT2D eigenvalue weighted by Gasteiger charge is 2.59. The van der Waals surface area contributed by atoms with Crippen LogP contribution in [0.1, 0.15) is 38.5 Å². The Kier molecular flexibility index (Phi) is 3.96. The number of benzene rings is 1. The monoisotopic (exact) mass is 426 g/mol. The highest BCUT2D eigenvalue weighted by Crippen LogP contribution is 2.64. The number of anilines is 2. The fraction of sp³-hybridized carbons (Fsp3) is 0.611. The number of hydrogen-bond donors (Lipinski definition) is 2. The van der Waals surface area contributed by atoms with Crippen molar-refractivity contribution in [3.05, 3.63) is 24.3 Å². The molecule has 0 aliphatic heterocycles. The molecule has 4 aliphatic rings. The second-order valence-electron chi connectivity index (χ2n) is 8.30. The average Bonchev–Trinajstić information content (AvgIpc) is 2.45. The highest BCUT2D eigenvalue weighted by molar-refractivity contribution is 9.10. The number of nitrogens with one attached hydrogen (secondary N) is 2. The summed E-state index contributed by atoms with van der Waals surface area (Å²) in [5, 5.41) is 3.07. The van der Waals surface area contributed by atoms with Crippen molar-refractivity contribution in [3.8, 4) is 0 Å². The molecular formula is C18H23BrN2O3S. The van der Waals surface area contributed by atoms with Gasteiger partial charge in [0.25, 0.3) is 0 Å². The minimum atomic E-state index is -3.29. The summed E-state index contributed by atoms with van der Waals surface area (Å²) in [4.78, 5) is 13.1. The second-order valence-corrected chi connectivity index (χ2v) is 11.7. The molecule has 5 nitrogen and oxygen atoms in total. The van der Waals surface area contributed by atoms with E-state index in [0.717, 1.165) is 25.5 Å². The van der Waals surface area contributed by atoms with Gasteiger partial charge in [-0.25, -0.2) is 8.42 Å². The molecule has 4 bridgehead atoms. The fourth-order valence-electron chi connectivity index (χ4n) is 5.52. The minimum Gasteiger partial charge on any atom is -0.326 e. The summed E-state index contributed by atoms with van der Waals surface area (Å²) in [6.45, 7) is 0. The third-order valence-corrected chi connectivity index (χ3v) is 7.45. The van der Waals surface area contributed by atoms with Gasteiger partial charge in [-0.2, -0.15) is 0 Å². The summed E-state index contributed by atoms with van der Waals surface area (Å²) in [6.07, 6.45) is 7.70. The van der Waals surface area contributed by atoms with E-state index in [1.165, 1.54) is 19.3 Å². The van der Waals surface area contributed by atoms with Gasteiger partial charge in [-0.05, 0) is 74.6 Å². The van der Waals surface area contributed by atoms with Crippen molar-refractivity contribution in [3.63, 3.8) is 0 Å². The first-order valence-electron chi connectivity index (χ1n) is 8.73. The van der Waals surface area contributed by atoms with E-state index < -0.39 is 10.0 Å². The lowest BCUT2D eigenvalue weighted by Gasteiger charge is -2.59. The molecule has 0 spiro atoms. The van der Waals surface area contributed by atoms with Crippen LogP contribution in [-0.2, 0) is 14.8 Å². The first kappa shape index (κ1) is 17.3. The van der Waals surface area contributed by atoms with Gasteiger partial charge in [0, 0.05) is 15.7 Å². The molecular weight excluding hydrogens is 404 g/mol. The predicted octanol–water partition coefficient (Wildman–Crippen LogP) is 3.73. The molecule has 0 radical (unpaired) electrons. The van der Waals surface area contributed by atoms with Crippen molar-refractivity contribution in [1.82, 2.24) is 0 Å². The third kappa shape index (κ3) is 3.45. The number of rotatable bonds is 4. The molecule has 2 unspecified atom stereocenters. The summed E-state index contributed by atoms with van der Waals surface area (Å²) in [6, 6.07) is 6.83. The van der Waals surface area contributed by atoms with Gasteiger partial charge in [0.15, 0.2) is 0 Å². The molecule has 4 fully saturated rings. The Labute approximate surface area is 157 Å². The molecule has 1 amide bonds. The van der Waals surface area contributed by atoms with Gasteiger partial charge in [-0.3, -0.25) is 9.52 Å². The van der Waals surface area contributed by atoms with E-state index in [2.05, 4.69) is 26.0 Å². The molecule has 25 heavy (non-hydrogen) atoms. The van der Waals surface area contributed by atoms with Gasteiger partial charge in [-0.1, -0.05) is 15.9 Å². The van der Waals surface area contributed by atoms with E-state index in [-0.39, 0.29) is 15.6 Å². The predicted molar refractivity (Wildman–Crippen MR) is 102 cm³/mol. The van der Waals surface area contributed by atoms with Crippen LogP contribution in [0.2, 0.25) is 0 Å². The molecule has 7 heteroatoms. The summed E-state index contributed by atoms with van der Waals surface area (Å²) in [5.41, 5.74) is 0.954. The summed E-state index contributed by atoms with van der Waals surface area (Å²) >= 11 is 3.94. The first-order chi connectivity index (χ1) is 11.6. The van der Waals surface area contributed by atoms with Gasteiger partial charge in [0.1, 0.15) is 0 Å². The second kappa shape index (κ2) is 5.71. The van der Waals surface area contributed by atoms with Crippen molar-refractivity contribution >= 4 is 43.2 Å². The third-order valence-electron chi connectivity index (χ3n) is 5.92. The summed E-state index contributed by atoms with van der Waals surface area (Å²) in [7, 11) is -3.29. The van der Waals surface area contributed by atoms with E-state index >= 15 is 0 Å². The lowest BCUT2D eigenvalue weighted by Crippen LogP contribution is -2.57. The zero-order valence-corrected chi connectivity index (χ0v) is 16.6. The van der Waals surface area contributed by atoms with Crippen molar-refractivity contribution in [1.29, 1.82) is 0 Å². The average molecular weight is 427 g/mol. The van der Waals surface area contributed by atoms with Crippen LogP contribution in [0.3, 0.4) is 0 Å². The first-order valence-corrected chi connectivity index (χ1v) is 11.4. The zero-order valence-electron chi connectivity index (χ0n) is 14.2. The molecule has 5 rings (SSSR count). The summed E-state index contributed by atoms with van der Waals surface area (Å²) < 4.78 is 25.1. The van der Waals surface area contributed by atoms with Gasteiger partial charge in [0.2, 0.25) is 15.9 Å². The largest absolute Gasteiger partial charge is 0.326 e. The van der Waals surface area contributed by atoms with Crippen molar-refractivity contribution < 1.29 is 13.2 Å². The molecule has 4 aliphatic carbocycles. The Bertz CT molecular complexity index is 792. The maximum absolute atomic E-state index is 13.1. The molecule has 0 saturated heterocycles. The Morgan fingerprint density at radius 3 is 2.16 bits per heavy atom. The number of carbonyl (C=O) groups excluding carboxylic acids is 1. The number of carbonyl (C=O) groups is 1. The molecule has 1 aromatic rings. The number of alkyl halides is 1. The molecule has 1 aromatic carbocycles. The maximum Gasteiger partial charge on any atom is 0.230 e. The van der Waals surface area contributed by atoms with Crippen LogP contribution in [0.15, 0.2) is 24.3 Å². The normalized spacial score (nSPS) is 36.2. The highest BCUT2D eigenvalue weighted by atomic mass is 79.9. The minimum absolute atomic E-state index is 0.120. The molecule has 0 aromatic heterocycles. The molecule has 4 saturated carbocycles. The van der Waals surface area contributed by atoms with Crippen LogP contribution < -0.4 is 10.0 Å². The standard InChI is InChI=1S/C18H23BrN2O3S/c1-25(23,24)21-15-4-2-14(3-5-15)20-16(22)17-7-12-6-13(8-17)10-18(19,9-12)11-17/h2-5,12-13,21H,6-11H2,1H3,(H,20,22). The molecule has 2 N–H and O–H groups in total. The number of sulfonamides is 1. The van der Waals surface area contributed by atoms with Gasteiger partial charge in [-0.15, -0.1) is 0 Å². The topological polar surface area (TPSA) is 75.3 Å². The van der Waals surface area contributed by atoms with Gasteiger partial charge < -0.3 is 5.32 Å². The van der Waals surface area contributed by atoms with Gasteiger partial charge >= 0.3 is 0 Å². The molecule has 136 valence electrons. The number of amides is 1. The maximum atomic E-state index is 13.1. The van der Waals surface area contributed by atoms with Crippen molar-refractivity contribution in [2.75, 3.05) is 16.3 Å². The lowest BCUT2D eigenvalue weighted by atomic mass is 9.49. The Hall–Kier alpha value is -1.08. The van der Waals surface area contributed by atoms with E-state index in [0.29, 0.717) is 23.2 Å². The van der Waals surface area contributed by atoms with E-state index in [1.807, 2.05) is 0 Å². The molecule has 2 atom stereocenters. The number of hydrogen-bond acceptors (Lipinski definition) is 3. The van der Waals surface area contributed by atoms with Gasteiger partial charge in [0.05, 0.1) is 11.7 Å². The van der Waals surface area contributed by atoms with Crippen LogP contribution in [0, 0.1) is 17.3 Å². The Balaban J connectivity index is 1.49. The zero-order chi connectivity index (χ0) is 17.9. The van der Waals surface area contributed by atoms with Crippen LogP contribution >= 0.6 is 15.9 Å². The Morgan fingerprint density at radius 2 is 1.64 bits per heavy atom. The quantitative estimate of drug-likeness (QED) is 0.719. The fourth-order valence-corrected chi connectivity index (χ4v) is 7.53. The summed E-state index contributed by atoms with van der Waals surface area (Å²) in [5.74, 6) is 1.44. The van der Waals surface area contributed by atoms with Crippen molar-refractivity contribution in [2.45, 2.75) is 42.8 Å². The lowest BCUT2D eigenvalue weighted by molar-refractivity contribution is -0.138. The van der Waals surface area contributed by atoms with Crippen LogP contribution in [0.5, 0.6) is 0 Å². The van der Waals surface area contributed by atoms with Crippen molar-refractivity contribution in [2.24, 2.45) is 17.3 Å². The van der Waals surface area contributed by atoms with Crippen LogP contribution in [-0.4, -0.2) is 24.9 Å². The molecule has 0 heterocycles.